The van der Waals surface area contributed by atoms with Gasteiger partial charge in [-0.05, 0) is 58.1 Å². The molecular weight excluding hydrogens is 364 g/mol. The maximum atomic E-state index is 12.1. The number of rotatable bonds is 3. The van der Waals surface area contributed by atoms with Crippen molar-refractivity contribution in [3.8, 4) is 0 Å². The van der Waals surface area contributed by atoms with Crippen molar-refractivity contribution >= 4 is 48.9 Å². The molecule has 20 heavy (non-hydrogen) atoms. The fourth-order valence-corrected chi connectivity index (χ4v) is 3.63. The Bertz CT molecular complexity index is 769. The molecule has 8 heteroatoms. The van der Waals surface area contributed by atoms with Gasteiger partial charge < -0.3 is 5.32 Å². The van der Waals surface area contributed by atoms with E-state index in [-0.39, 0.29) is 10.8 Å². The van der Waals surface area contributed by atoms with Gasteiger partial charge in [-0.25, -0.2) is 13.6 Å². The van der Waals surface area contributed by atoms with Gasteiger partial charge in [-0.2, -0.15) is 0 Å². The van der Waals surface area contributed by atoms with Crippen LogP contribution < -0.4 is 10.5 Å². The molecule has 0 bridgehead atoms. The Morgan fingerprint density at radius 2 is 2.05 bits per heavy atom. The van der Waals surface area contributed by atoms with Gasteiger partial charge in [-0.1, -0.05) is 0 Å². The van der Waals surface area contributed by atoms with E-state index in [2.05, 4.69) is 21.2 Å². The summed E-state index contributed by atoms with van der Waals surface area (Å²) >= 11 is 4.61. The van der Waals surface area contributed by atoms with Crippen molar-refractivity contribution in [1.29, 1.82) is 0 Å². The summed E-state index contributed by atoms with van der Waals surface area (Å²) in [6.45, 7) is 1.70. The Balaban J connectivity index is 2.27. The number of thiophene rings is 1. The summed E-state index contributed by atoms with van der Waals surface area (Å²) < 4.78 is 23.2. The predicted molar refractivity (Wildman–Crippen MR) is 82.5 cm³/mol. The number of nitrogens with two attached hydrogens (primary N) is 1. The molecular formula is C12H11BrN2O3S2. The summed E-state index contributed by atoms with van der Waals surface area (Å²) in [5.41, 5.74) is 1.17. The lowest BCUT2D eigenvalue weighted by Gasteiger charge is -2.09. The Kier molecular flexibility index (Phi) is 4.28. The van der Waals surface area contributed by atoms with Gasteiger partial charge in [0.1, 0.15) is 4.88 Å². The van der Waals surface area contributed by atoms with Crippen LogP contribution in [0.25, 0.3) is 0 Å². The number of amides is 1. The molecule has 106 valence electrons. The number of carbonyl (C=O) groups excluding carboxylic acids is 1. The maximum absolute atomic E-state index is 12.1. The van der Waals surface area contributed by atoms with Gasteiger partial charge in [0.25, 0.3) is 5.91 Å². The average molecular weight is 375 g/mol. The van der Waals surface area contributed by atoms with E-state index in [1.165, 1.54) is 29.5 Å². The Morgan fingerprint density at radius 3 is 2.55 bits per heavy atom. The number of hydrogen-bond acceptors (Lipinski definition) is 4. The zero-order valence-electron chi connectivity index (χ0n) is 10.4. The SMILES string of the molecule is Cc1cc(S(N)(=O)=O)ccc1NC(=O)c1sccc1Br. The Hall–Kier alpha value is -1.22. The molecule has 1 heterocycles. The minimum atomic E-state index is -3.74. The zero-order valence-corrected chi connectivity index (χ0v) is 13.6. The quantitative estimate of drug-likeness (QED) is 0.865. The molecule has 0 radical (unpaired) electrons. The second-order valence-electron chi connectivity index (χ2n) is 4.07. The van der Waals surface area contributed by atoms with Gasteiger partial charge in [0.2, 0.25) is 10.0 Å². The third kappa shape index (κ3) is 3.26. The molecule has 0 saturated heterocycles. The van der Waals surface area contributed by atoms with Crippen molar-refractivity contribution in [1.82, 2.24) is 0 Å². The zero-order chi connectivity index (χ0) is 14.9. The molecule has 2 rings (SSSR count). The van der Waals surface area contributed by atoms with E-state index in [0.29, 0.717) is 16.1 Å². The molecule has 0 aliphatic carbocycles. The van der Waals surface area contributed by atoms with Crippen LogP contribution in [0.15, 0.2) is 39.0 Å². The first-order valence-electron chi connectivity index (χ1n) is 5.47. The van der Waals surface area contributed by atoms with Crippen molar-refractivity contribution in [2.45, 2.75) is 11.8 Å². The van der Waals surface area contributed by atoms with Gasteiger partial charge in [-0.15, -0.1) is 11.3 Å². The predicted octanol–water partition coefficient (Wildman–Crippen LogP) is 2.72. The smallest absolute Gasteiger partial charge is 0.266 e. The molecule has 0 aliphatic heterocycles. The number of anilines is 1. The van der Waals surface area contributed by atoms with Crippen LogP contribution in [0, 0.1) is 6.92 Å². The standard InChI is InChI=1S/C12H11BrN2O3S2/c1-7-6-8(20(14,17)18)2-3-10(7)15-12(16)11-9(13)4-5-19-11/h2-6H,1H3,(H,15,16)(H2,14,17,18). The number of nitrogens with one attached hydrogen (secondary N) is 1. The first-order chi connectivity index (χ1) is 9.29. The summed E-state index contributed by atoms with van der Waals surface area (Å²) in [5, 5.41) is 9.59. The van der Waals surface area contributed by atoms with Crippen molar-refractivity contribution in [2.75, 3.05) is 5.32 Å². The number of primary sulfonamides is 1. The van der Waals surface area contributed by atoms with Crippen molar-refractivity contribution in [2.24, 2.45) is 5.14 Å². The van der Waals surface area contributed by atoms with Crippen LogP contribution in [-0.2, 0) is 10.0 Å². The highest BCUT2D eigenvalue weighted by Gasteiger charge is 2.14. The number of benzene rings is 1. The molecule has 3 N–H and O–H groups in total. The summed E-state index contributed by atoms with van der Waals surface area (Å²) in [6, 6.07) is 6.10. The van der Waals surface area contributed by atoms with Gasteiger partial charge in [0, 0.05) is 10.2 Å². The minimum Gasteiger partial charge on any atom is -0.321 e. The molecule has 0 fully saturated rings. The first-order valence-corrected chi connectivity index (χ1v) is 8.69. The van der Waals surface area contributed by atoms with Gasteiger partial charge in [0.15, 0.2) is 0 Å². The molecule has 1 aromatic carbocycles. The first kappa shape index (κ1) is 15.2. The fourth-order valence-electron chi connectivity index (χ4n) is 1.59. The highest BCUT2D eigenvalue weighted by molar-refractivity contribution is 9.10. The van der Waals surface area contributed by atoms with Crippen LogP contribution >= 0.6 is 27.3 Å². The van der Waals surface area contributed by atoms with E-state index in [1.54, 1.807) is 18.4 Å². The molecule has 0 spiro atoms. The van der Waals surface area contributed by atoms with Gasteiger partial charge in [0.05, 0.1) is 4.90 Å². The van der Waals surface area contributed by atoms with Gasteiger partial charge >= 0.3 is 0 Å². The van der Waals surface area contributed by atoms with Crippen LogP contribution in [0.5, 0.6) is 0 Å². The average Bonchev–Trinajstić information content (AvgIpc) is 2.76. The lowest BCUT2D eigenvalue weighted by molar-refractivity contribution is 0.103. The van der Waals surface area contributed by atoms with E-state index in [9.17, 15) is 13.2 Å². The molecule has 0 saturated carbocycles. The molecule has 0 aliphatic rings. The third-order valence-corrected chi connectivity index (χ3v) is 5.35. The van der Waals surface area contributed by atoms with Crippen LogP contribution in [0.1, 0.15) is 15.2 Å². The number of halogens is 1. The molecule has 5 nitrogen and oxygen atoms in total. The summed E-state index contributed by atoms with van der Waals surface area (Å²) in [6.07, 6.45) is 0. The number of aryl methyl sites for hydroxylation is 1. The monoisotopic (exact) mass is 374 g/mol. The highest BCUT2D eigenvalue weighted by Crippen LogP contribution is 2.25. The second-order valence-corrected chi connectivity index (χ2v) is 7.41. The van der Waals surface area contributed by atoms with Crippen LogP contribution in [0.3, 0.4) is 0 Å². The van der Waals surface area contributed by atoms with E-state index in [0.717, 1.165) is 4.47 Å². The van der Waals surface area contributed by atoms with Crippen LogP contribution in [0.4, 0.5) is 5.69 Å². The van der Waals surface area contributed by atoms with Crippen LogP contribution in [-0.4, -0.2) is 14.3 Å². The highest BCUT2D eigenvalue weighted by atomic mass is 79.9. The lowest BCUT2D eigenvalue weighted by Crippen LogP contribution is -2.14. The largest absolute Gasteiger partial charge is 0.321 e. The molecule has 2 aromatic rings. The Morgan fingerprint density at radius 1 is 1.35 bits per heavy atom. The molecule has 1 amide bonds. The lowest BCUT2D eigenvalue weighted by atomic mass is 10.2. The number of hydrogen-bond donors (Lipinski definition) is 2. The minimum absolute atomic E-state index is 0.0188. The fraction of sp³-hybridized carbons (Fsp3) is 0.0833. The van der Waals surface area contributed by atoms with E-state index >= 15 is 0 Å². The number of sulfonamides is 1. The topological polar surface area (TPSA) is 89.3 Å². The molecule has 1 aromatic heterocycles. The van der Waals surface area contributed by atoms with Crippen molar-refractivity contribution < 1.29 is 13.2 Å². The summed E-state index contributed by atoms with van der Waals surface area (Å²) in [7, 11) is -3.74. The normalized spacial score (nSPS) is 11.3. The third-order valence-electron chi connectivity index (χ3n) is 2.60. The van der Waals surface area contributed by atoms with Crippen molar-refractivity contribution in [3.05, 3.63) is 44.6 Å². The van der Waals surface area contributed by atoms with Gasteiger partial charge in [-0.3, -0.25) is 4.79 Å². The second kappa shape index (κ2) is 5.65. The Labute approximate surface area is 129 Å². The number of carbonyl (C=O) groups is 1. The van der Waals surface area contributed by atoms with E-state index in [1.807, 2.05) is 0 Å². The summed E-state index contributed by atoms with van der Waals surface area (Å²) in [4.78, 5) is 12.6. The van der Waals surface area contributed by atoms with E-state index < -0.39 is 10.0 Å². The molecule has 0 unspecified atom stereocenters. The summed E-state index contributed by atoms with van der Waals surface area (Å²) in [5.74, 6) is -0.252. The molecule has 0 atom stereocenters. The van der Waals surface area contributed by atoms with Crippen molar-refractivity contribution in [3.63, 3.8) is 0 Å². The van der Waals surface area contributed by atoms with Crippen LogP contribution in [0.2, 0.25) is 0 Å². The van der Waals surface area contributed by atoms with E-state index in [4.69, 9.17) is 5.14 Å². The maximum Gasteiger partial charge on any atom is 0.266 e.